The second-order valence-electron chi connectivity index (χ2n) is 3.46. The van der Waals surface area contributed by atoms with E-state index in [0.717, 1.165) is 6.07 Å². The zero-order valence-corrected chi connectivity index (χ0v) is 10.2. The van der Waals surface area contributed by atoms with Crippen molar-refractivity contribution in [2.45, 2.75) is 11.1 Å². The van der Waals surface area contributed by atoms with Crippen LogP contribution in [0.3, 0.4) is 0 Å². The summed E-state index contributed by atoms with van der Waals surface area (Å²) in [4.78, 5) is 10.8. The minimum absolute atomic E-state index is 0.204. The summed E-state index contributed by atoms with van der Waals surface area (Å²) in [5, 5.41) is 8.42. The maximum absolute atomic E-state index is 11.9. The molecule has 0 bridgehead atoms. The number of benzene rings is 1. The highest BCUT2D eigenvalue weighted by atomic mass is 32.2. The van der Waals surface area contributed by atoms with E-state index in [1.54, 1.807) is 0 Å². The van der Waals surface area contributed by atoms with E-state index < -0.39 is 33.7 Å². The van der Waals surface area contributed by atoms with Crippen LogP contribution in [0.1, 0.15) is 0 Å². The van der Waals surface area contributed by atoms with E-state index in [0.29, 0.717) is 0 Å². The largest absolute Gasteiger partial charge is 0.405 e. The normalized spacial score (nSPS) is 12.0. The standard InChI is InChI=1S/C9H10F3N3O3S/c10-9(11,12)5-14-8(16)15-6-3-1-2-4-7(6)19(13,17)18/h1-4H,5H2,(H2,13,17,18)(H2,14,15,16). The van der Waals surface area contributed by atoms with E-state index in [1.807, 2.05) is 5.32 Å². The molecule has 0 saturated carbocycles. The number of halogens is 3. The minimum Gasteiger partial charge on any atom is -0.329 e. The summed E-state index contributed by atoms with van der Waals surface area (Å²) in [7, 11) is -4.09. The molecule has 0 atom stereocenters. The van der Waals surface area contributed by atoms with Crippen LogP contribution in [-0.2, 0) is 10.0 Å². The number of anilines is 1. The van der Waals surface area contributed by atoms with E-state index in [2.05, 4.69) is 0 Å². The number of sulfonamides is 1. The highest BCUT2D eigenvalue weighted by Crippen LogP contribution is 2.19. The minimum atomic E-state index is -4.56. The van der Waals surface area contributed by atoms with Crippen LogP contribution in [0, 0.1) is 0 Å². The van der Waals surface area contributed by atoms with Crippen LogP contribution in [0.2, 0.25) is 0 Å². The molecule has 0 aliphatic carbocycles. The van der Waals surface area contributed by atoms with Crippen molar-refractivity contribution in [3.8, 4) is 0 Å². The molecule has 4 N–H and O–H groups in total. The predicted octanol–water partition coefficient (Wildman–Crippen LogP) is 1.02. The Morgan fingerprint density at radius 1 is 1.26 bits per heavy atom. The number of nitrogens with one attached hydrogen (secondary N) is 2. The third kappa shape index (κ3) is 5.14. The molecule has 0 spiro atoms. The first-order valence-electron chi connectivity index (χ1n) is 4.83. The predicted molar refractivity (Wildman–Crippen MR) is 60.9 cm³/mol. The van der Waals surface area contributed by atoms with Crippen LogP contribution in [0.25, 0.3) is 0 Å². The number of amides is 2. The lowest BCUT2D eigenvalue weighted by Gasteiger charge is -2.11. The molecule has 1 aromatic rings. The van der Waals surface area contributed by atoms with E-state index >= 15 is 0 Å². The molecule has 0 unspecified atom stereocenters. The molecule has 0 aliphatic heterocycles. The van der Waals surface area contributed by atoms with E-state index in [4.69, 9.17) is 5.14 Å². The van der Waals surface area contributed by atoms with Gasteiger partial charge in [-0.2, -0.15) is 13.2 Å². The average Bonchev–Trinajstić information content (AvgIpc) is 2.25. The van der Waals surface area contributed by atoms with Crippen molar-refractivity contribution in [3.63, 3.8) is 0 Å². The number of carbonyl (C=O) groups excluding carboxylic acids is 1. The first-order chi connectivity index (χ1) is 8.59. The Labute approximate surface area is 106 Å². The van der Waals surface area contributed by atoms with Crippen molar-refractivity contribution in [2.75, 3.05) is 11.9 Å². The van der Waals surface area contributed by atoms with Gasteiger partial charge in [0, 0.05) is 0 Å². The van der Waals surface area contributed by atoms with Gasteiger partial charge in [-0.15, -0.1) is 0 Å². The van der Waals surface area contributed by atoms with Crippen molar-refractivity contribution in [3.05, 3.63) is 24.3 Å². The van der Waals surface area contributed by atoms with Crippen molar-refractivity contribution in [1.82, 2.24) is 5.32 Å². The molecule has 106 valence electrons. The number of rotatable bonds is 3. The van der Waals surface area contributed by atoms with Crippen LogP contribution in [0.5, 0.6) is 0 Å². The van der Waals surface area contributed by atoms with E-state index in [1.165, 1.54) is 23.5 Å². The van der Waals surface area contributed by atoms with E-state index in [-0.39, 0.29) is 5.69 Å². The number of alkyl halides is 3. The number of urea groups is 1. The summed E-state index contributed by atoms with van der Waals surface area (Å²) in [5.41, 5.74) is -0.204. The Hall–Kier alpha value is -1.81. The summed E-state index contributed by atoms with van der Waals surface area (Å²) in [6.45, 7) is -1.53. The molecule has 0 aliphatic rings. The Balaban J connectivity index is 2.81. The summed E-state index contributed by atoms with van der Waals surface area (Å²) in [5.74, 6) is 0. The van der Waals surface area contributed by atoms with Gasteiger partial charge in [0.05, 0.1) is 5.69 Å². The fourth-order valence-electron chi connectivity index (χ4n) is 1.17. The molecule has 2 amide bonds. The number of carbonyl (C=O) groups is 1. The smallest absolute Gasteiger partial charge is 0.329 e. The summed E-state index contributed by atoms with van der Waals surface area (Å²) in [6.07, 6.45) is -4.56. The molecular formula is C9H10F3N3O3S. The first kappa shape index (κ1) is 15.2. The third-order valence-electron chi connectivity index (χ3n) is 1.89. The lowest BCUT2D eigenvalue weighted by Crippen LogP contribution is -2.37. The second-order valence-corrected chi connectivity index (χ2v) is 4.99. The topological polar surface area (TPSA) is 101 Å². The fourth-order valence-corrected chi connectivity index (χ4v) is 1.86. The molecule has 0 radical (unpaired) electrons. The van der Waals surface area contributed by atoms with Crippen LogP contribution >= 0.6 is 0 Å². The molecule has 19 heavy (non-hydrogen) atoms. The monoisotopic (exact) mass is 297 g/mol. The first-order valence-corrected chi connectivity index (χ1v) is 6.38. The van der Waals surface area contributed by atoms with Gasteiger partial charge in [-0.05, 0) is 12.1 Å². The van der Waals surface area contributed by atoms with Gasteiger partial charge in [-0.3, -0.25) is 0 Å². The number of para-hydroxylation sites is 1. The summed E-state index contributed by atoms with van der Waals surface area (Å²) < 4.78 is 58.0. The highest BCUT2D eigenvalue weighted by Gasteiger charge is 2.27. The van der Waals surface area contributed by atoms with Gasteiger partial charge in [0.1, 0.15) is 11.4 Å². The molecule has 0 saturated heterocycles. The van der Waals surface area contributed by atoms with E-state index in [9.17, 15) is 26.4 Å². The second kappa shape index (κ2) is 5.45. The third-order valence-corrected chi connectivity index (χ3v) is 2.86. The van der Waals surface area contributed by atoms with Gasteiger partial charge in [-0.25, -0.2) is 18.4 Å². The van der Waals surface area contributed by atoms with Crippen LogP contribution in [-0.4, -0.2) is 27.2 Å². The zero-order valence-electron chi connectivity index (χ0n) is 9.36. The number of nitrogens with two attached hydrogens (primary N) is 1. The Kier molecular flexibility index (Phi) is 4.37. The number of primary sulfonamides is 1. The fraction of sp³-hybridized carbons (Fsp3) is 0.222. The van der Waals surface area contributed by atoms with Crippen molar-refractivity contribution >= 4 is 21.7 Å². The van der Waals surface area contributed by atoms with Crippen molar-refractivity contribution in [2.24, 2.45) is 5.14 Å². The molecular weight excluding hydrogens is 287 g/mol. The maximum Gasteiger partial charge on any atom is 0.405 e. The van der Waals surface area contributed by atoms with Crippen LogP contribution < -0.4 is 15.8 Å². The Morgan fingerprint density at radius 2 is 1.84 bits per heavy atom. The van der Waals surface area contributed by atoms with Gasteiger partial charge in [0.25, 0.3) is 0 Å². The molecule has 1 aromatic carbocycles. The van der Waals surface area contributed by atoms with Gasteiger partial charge in [0.15, 0.2) is 0 Å². The average molecular weight is 297 g/mol. The zero-order chi connectivity index (χ0) is 14.7. The Morgan fingerprint density at radius 3 is 2.37 bits per heavy atom. The van der Waals surface area contributed by atoms with Crippen LogP contribution in [0.4, 0.5) is 23.7 Å². The van der Waals surface area contributed by atoms with Crippen LogP contribution in [0.15, 0.2) is 29.2 Å². The Bertz CT molecular complexity index is 572. The number of hydrogen-bond acceptors (Lipinski definition) is 3. The SMILES string of the molecule is NS(=O)(=O)c1ccccc1NC(=O)NCC(F)(F)F. The molecule has 0 fully saturated rings. The lowest BCUT2D eigenvalue weighted by atomic mass is 10.3. The van der Waals surface area contributed by atoms with Gasteiger partial charge in [0.2, 0.25) is 10.0 Å². The molecule has 10 heteroatoms. The lowest BCUT2D eigenvalue weighted by molar-refractivity contribution is -0.122. The molecule has 6 nitrogen and oxygen atoms in total. The van der Waals surface area contributed by atoms with Gasteiger partial charge in [-0.1, -0.05) is 12.1 Å². The molecule has 0 heterocycles. The van der Waals surface area contributed by atoms with Gasteiger partial charge >= 0.3 is 12.2 Å². The van der Waals surface area contributed by atoms with Gasteiger partial charge < -0.3 is 10.6 Å². The molecule has 1 rings (SSSR count). The summed E-state index contributed by atoms with van der Waals surface area (Å²) in [6, 6.07) is 3.89. The molecule has 0 aromatic heterocycles. The maximum atomic E-state index is 11.9. The summed E-state index contributed by atoms with van der Waals surface area (Å²) >= 11 is 0. The van der Waals surface area contributed by atoms with Crippen molar-refractivity contribution in [1.29, 1.82) is 0 Å². The quantitative estimate of drug-likeness (QED) is 0.776. The highest BCUT2D eigenvalue weighted by molar-refractivity contribution is 7.89. The number of hydrogen-bond donors (Lipinski definition) is 3. The van der Waals surface area contributed by atoms with Crippen molar-refractivity contribution < 1.29 is 26.4 Å².